The summed E-state index contributed by atoms with van der Waals surface area (Å²) in [6, 6.07) is 19.5. The van der Waals surface area contributed by atoms with E-state index in [9.17, 15) is 36.9 Å². The van der Waals surface area contributed by atoms with Crippen molar-refractivity contribution >= 4 is 11.7 Å². The Labute approximate surface area is 293 Å². The maximum Gasteiger partial charge on any atom is 0.387 e. The Kier molecular flexibility index (Phi) is 15.8. The summed E-state index contributed by atoms with van der Waals surface area (Å²) in [5, 5.41) is 46.1. The minimum atomic E-state index is -3.20. The molecule has 0 heterocycles. The van der Waals surface area contributed by atoms with E-state index in [4.69, 9.17) is 30.4 Å². The number of hydrogen-bond donors (Lipinski definition) is 1. The summed E-state index contributed by atoms with van der Waals surface area (Å²) < 4.78 is 81.5. The second-order valence-electron chi connectivity index (χ2n) is 10.1. The Bertz CT molecular complexity index is 2000. The number of alkyl halides is 4. The van der Waals surface area contributed by atoms with E-state index in [-0.39, 0.29) is 35.0 Å². The zero-order chi connectivity index (χ0) is 39.0. The molecule has 0 bridgehead atoms. The number of hydrogen-bond acceptors (Lipinski definition) is 11. The first-order valence-corrected chi connectivity index (χ1v) is 14.6. The highest BCUT2D eigenvalue weighted by molar-refractivity contribution is 5.73. The number of aromatic hydroxyl groups is 1. The fourth-order valence-corrected chi connectivity index (χ4v) is 4.13. The maximum atomic E-state index is 14.8. The van der Waals surface area contributed by atoms with Crippen molar-refractivity contribution in [2.45, 2.75) is 40.4 Å². The molecule has 0 unspecified atom stereocenters. The SMILES string of the molecule is CCOC(=O)Cc1ccc([N+](=O)[O-])c(Oc2cc(C#N)cc(OC(F)F)c2)c1F.Cc1cc(C#N)cc(OC(F)F)c1.Cc1cc(O)cc(C#N)c1. The molecule has 270 valence electrons. The van der Waals surface area contributed by atoms with Crippen LogP contribution in [0.5, 0.6) is 28.7 Å². The Morgan fingerprint density at radius 3 is 1.81 bits per heavy atom. The van der Waals surface area contributed by atoms with Gasteiger partial charge in [0.2, 0.25) is 5.75 Å². The predicted molar refractivity (Wildman–Crippen MR) is 171 cm³/mol. The van der Waals surface area contributed by atoms with E-state index in [1.165, 1.54) is 18.2 Å². The number of esters is 1. The van der Waals surface area contributed by atoms with Crippen LogP contribution in [-0.4, -0.2) is 35.8 Å². The summed E-state index contributed by atoms with van der Waals surface area (Å²) >= 11 is 0. The van der Waals surface area contributed by atoms with Gasteiger partial charge in [-0.05, 0) is 86.5 Å². The Morgan fingerprint density at radius 2 is 1.31 bits per heavy atom. The van der Waals surface area contributed by atoms with Crippen molar-refractivity contribution in [3.8, 4) is 47.0 Å². The second-order valence-corrected chi connectivity index (χ2v) is 10.1. The van der Waals surface area contributed by atoms with E-state index in [1.54, 1.807) is 38.1 Å². The van der Waals surface area contributed by atoms with Gasteiger partial charge in [0, 0.05) is 17.7 Å². The first-order valence-electron chi connectivity index (χ1n) is 14.6. The molecule has 0 aliphatic rings. The van der Waals surface area contributed by atoms with Crippen LogP contribution in [0.25, 0.3) is 0 Å². The summed E-state index contributed by atoms with van der Waals surface area (Å²) in [6.45, 7) is -0.895. The third-order valence-electron chi connectivity index (χ3n) is 6.04. The topological polar surface area (TPSA) is 189 Å². The van der Waals surface area contributed by atoms with Gasteiger partial charge in [-0.3, -0.25) is 14.9 Å². The van der Waals surface area contributed by atoms with Crippen LogP contribution >= 0.6 is 0 Å². The molecule has 0 aromatic heterocycles. The van der Waals surface area contributed by atoms with Gasteiger partial charge in [0.05, 0.1) is 52.8 Å². The smallest absolute Gasteiger partial charge is 0.387 e. The quantitative estimate of drug-likeness (QED) is 0.0718. The summed E-state index contributed by atoms with van der Waals surface area (Å²) in [4.78, 5) is 21.9. The summed E-state index contributed by atoms with van der Waals surface area (Å²) in [7, 11) is 0. The zero-order valence-corrected chi connectivity index (χ0v) is 27.4. The number of rotatable bonds is 10. The first kappa shape index (κ1) is 41.2. The molecule has 0 aliphatic heterocycles. The molecule has 0 spiro atoms. The second kappa shape index (κ2) is 19.9. The number of carbonyl (C=O) groups is 1. The lowest BCUT2D eigenvalue weighted by Gasteiger charge is -2.12. The van der Waals surface area contributed by atoms with Crippen LogP contribution in [0.1, 0.15) is 40.3 Å². The van der Waals surface area contributed by atoms with E-state index >= 15 is 0 Å². The molecule has 0 saturated heterocycles. The number of phenols is 1. The number of ether oxygens (including phenoxy) is 4. The maximum absolute atomic E-state index is 14.8. The lowest BCUT2D eigenvalue weighted by Crippen LogP contribution is -2.10. The number of nitro groups is 1. The lowest BCUT2D eigenvalue weighted by molar-refractivity contribution is -0.385. The van der Waals surface area contributed by atoms with Crippen LogP contribution in [0.4, 0.5) is 27.6 Å². The number of nitrogens with zero attached hydrogens (tertiary/aromatic N) is 4. The van der Waals surface area contributed by atoms with Crippen LogP contribution in [0.3, 0.4) is 0 Å². The zero-order valence-electron chi connectivity index (χ0n) is 27.4. The number of carbonyl (C=O) groups excluding carboxylic acids is 1. The molecule has 0 fully saturated rings. The monoisotopic (exact) mass is 726 g/mol. The lowest BCUT2D eigenvalue weighted by atomic mass is 10.1. The number of nitro benzene ring substituents is 1. The third kappa shape index (κ3) is 13.5. The molecule has 12 nitrogen and oxygen atoms in total. The average Bonchev–Trinajstić information content (AvgIpc) is 3.05. The molecule has 17 heteroatoms. The van der Waals surface area contributed by atoms with Gasteiger partial charge >= 0.3 is 24.9 Å². The molecule has 0 amide bonds. The Morgan fingerprint density at radius 1 is 0.808 bits per heavy atom. The highest BCUT2D eigenvalue weighted by Gasteiger charge is 2.25. The van der Waals surface area contributed by atoms with Crippen LogP contribution < -0.4 is 14.2 Å². The fourth-order valence-electron chi connectivity index (χ4n) is 4.13. The van der Waals surface area contributed by atoms with Crippen LogP contribution in [0, 0.1) is 63.8 Å². The largest absolute Gasteiger partial charge is 0.508 e. The fraction of sp³-hybridized carbons (Fsp3) is 0.200. The van der Waals surface area contributed by atoms with E-state index in [0.717, 1.165) is 41.5 Å². The number of aryl methyl sites for hydroxylation is 2. The van der Waals surface area contributed by atoms with Crippen molar-refractivity contribution < 1.29 is 55.7 Å². The van der Waals surface area contributed by atoms with E-state index < -0.39 is 53.5 Å². The summed E-state index contributed by atoms with van der Waals surface area (Å²) in [6.07, 6.45) is -0.508. The molecule has 0 saturated carbocycles. The Hall–Kier alpha value is -6.93. The minimum absolute atomic E-state index is 0.0200. The first-order chi connectivity index (χ1) is 24.6. The number of phenolic OH excluding ortho intramolecular Hbond substituents is 1. The number of halogens is 5. The molecular weight excluding hydrogens is 699 g/mol. The van der Waals surface area contributed by atoms with Crippen molar-refractivity contribution in [3.63, 3.8) is 0 Å². The van der Waals surface area contributed by atoms with Gasteiger partial charge in [-0.2, -0.15) is 33.3 Å². The van der Waals surface area contributed by atoms with E-state index in [0.29, 0.717) is 11.1 Å². The van der Waals surface area contributed by atoms with Crippen molar-refractivity contribution in [3.05, 3.63) is 116 Å². The average molecular weight is 727 g/mol. The predicted octanol–water partition coefficient (Wildman–Crippen LogP) is 8.15. The summed E-state index contributed by atoms with van der Waals surface area (Å²) in [5.41, 5.74) is 1.27. The molecule has 52 heavy (non-hydrogen) atoms. The molecule has 1 N–H and O–H groups in total. The molecule has 4 aromatic carbocycles. The normalized spacial score (nSPS) is 9.90. The molecule has 0 radical (unpaired) electrons. The minimum Gasteiger partial charge on any atom is -0.508 e. The van der Waals surface area contributed by atoms with Crippen LogP contribution in [-0.2, 0) is 16.0 Å². The highest BCUT2D eigenvalue weighted by Crippen LogP contribution is 2.37. The van der Waals surface area contributed by atoms with Gasteiger partial charge in [0.15, 0.2) is 5.82 Å². The van der Waals surface area contributed by atoms with Crippen LogP contribution in [0.2, 0.25) is 0 Å². The van der Waals surface area contributed by atoms with E-state index in [1.807, 2.05) is 19.1 Å². The highest BCUT2D eigenvalue weighted by atomic mass is 19.3. The molecule has 4 aromatic rings. The molecule has 4 rings (SSSR count). The third-order valence-corrected chi connectivity index (χ3v) is 6.04. The van der Waals surface area contributed by atoms with Crippen molar-refractivity contribution in [1.82, 2.24) is 0 Å². The van der Waals surface area contributed by atoms with Crippen LogP contribution in [0.15, 0.2) is 66.7 Å². The van der Waals surface area contributed by atoms with Gasteiger partial charge in [-0.25, -0.2) is 4.39 Å². The van der Waals surface area contributed by atoms with Gasteiger partial charge in [0.25, 0.3) is 0 Å². The van der Waals surface area contributed by atoms with Gasteiger partial charge < -0.3 is 24.1 Å². The molecule has 0 aliphatic carbocycles. The van der Waals surface area contributed by atoms with Crippen molar-refractivity contribution in [2.75, 3.05) is 6.61 Å². The van der Waals surface area contributed by atoms with Crippen molar-refractivity contribution in [1.29, 1.82) is 15.8 Å². The molecule has 0 atom stereocenters. The molecular formula is C35H27F5N4O8. The van der Waals surface area contributed by atoms with E-state index in [2.05, 4.69) is 9.47 Å². The standard InChI is InChI=1S/C18H13F3N2O6.C9H7F2NO.C8H7NO/c1-2-27-15(24)7-11-3-4-14(23(25)26)17(16(11)19)28-12-5-10(9-22)6-13(8-12)29-18(20)21;1-6-2-7(5-12)4-8(3-6)13-9(10)11;1-6-2-7(5-9)4-8(10)3-6/h3-6,8,18H,2,7H2,1H3;2-4,9H,1H3;2-4,10H,1H3. The number of nitriles is 3. The van der Waals surface area contributed by atoms with Crippen molar-refractivity contribution in [2.24, 2.45) is 0 Å². The van der Waals surface area contributed by atoms with Gasteiger partial charge in [-0.15, -0.1) is 0 Å². The summed E-state index contributed by atoms with van der Waals surface area (Å²) in [5.74, 6) is -3.45. The Balaban J connectivity index is 0.000000331. The number of benzene rings is 4. The van der Waals surface area contributed by atoms with Gasteiger partial charge in [-0.1, -0.05) is 0 Å². The van der Waals surface area contributed by atoms with Gasteiger partial charge in [0.1, 0.15) is 23.0 Å².